The fourth-order valence-corrected chi connectivity index (χ4v) is 2.74. The van der Waals surface area contributed by atoms with E-state index in [-0.39, 0.29) is 25.0 Å². The van der Waals surface area contributed by atoms with Crippen LogP contribution in [0.5, 0.6) is 5.75 Å². The number of hydrogen-bond acceptors (Lipinski definition) is 3. The fourth-order valence-electron chi connectivity index (χ4n) is 2.74. The molecule has 2 rings (SSSR count). The minimum Gasteiger partial charge on any atom is -0.483 e. The monoisotopic (exact) mass is 291 g/mol. The molecular formula is C16H21NO4. The van der Waals surface area contributed by atoms with E-state index in [1.54, 1.807) is 4.90 Å². The van der Waals surface area contributed by atoms with E-state index in [1.165, 1.54) is 0 Å². The number of aliphatic carboxylic acids is 1. The summed E-state index contributed by atoms with van der Waals surface area (Å²) in [6.45, 7) is 6.43. The van der Waals surface area contributed by atoms with Gasteiger partial charge in [-0.05, 0) is 30.9 Å². The van der Waals surface area contributed by atoms with E-state index in [4.69, 9.17) is 9.84 Å². The summed E-state index contributed by atoms with van der Waals surface area (Å²) in [7, 11) is 0. The molecule has 1 fully saturated rings. The number of carbonyl (C=O) groups excluding carboxylic acids is 1. The highest BCUT2D eigenvalue weighted by molar-refractivity contribution is 5.80. The van der Waals surface area contributed by atoms with E-state index in [0.29, 0.717) is 6.54 Å². The third-order valence-electron chi connectivity index (χ3n) is 4.03. The molecule has 5 heteroatoms. The van der Waals surface area contributed by atoms with Gasteiger partial charge in [-0.1, -0.05) is 25.1 Å². The standard InChI is InChI=1S/C16H21NO4/c1-10-5-4-6-11(2)15(10)21-9-14(18)17-7-12(3)13(8-17)16(19)20/h4-6,12-13H,7-9H2,1-3H3,(H,19,20)/t12-,13-/m1/s1. The maximum Gasteiger partial charge on any atom is 0.308 e. The molecule has 1 aromatic carbocycles. The third-order valence-corrected chi connectivity index (χ3v) is 4.03. The Morgan fingerprint density at radius 3 is 2.43 bits per heavy atom. The molecule has 0 aromatic heterocycles. The number of nitrogens with zero attached hydrogens (tertiary/aromatic N) is 1. The number of benzene rings is 1. The number of hydrogen-bond donors (Lipinski definition) is 1. The van der Waals surface area contributed by atoms with Gasteiger partial charge in [-0.25, -0.2) is 0 Å². The number of rotatable bonds is 4. The first-order valence-electron chi connectivity index (χ1n) is 7.09. The van der Waals surface area contributed by atoms with Crippen LogP contribution in [0.25, 0.3) is 0 Å². The number of aryl methyl sites for hydroxylation is 2. The van der Waals surface area contributed by atoms with Crippen LogP contribution in [0.2, 0.25) is 0 Å². The first kappa shape index (κ1) is 15.4. The first-order chi connectivity index (χ1) is 9.90. The van der Waals surface area contributed by atoms with Gasteiger partial charge in [0, 0.05) is 13.1 Å². The summed E-state index contributed by atoms with van der Waals surface area (Å²) in [5.41, 5.74) is 1.97. The second kappa shape index (κ2) is 6.16. The van der Waals surface area contributed by atoms with Crippen molar-refractivity contribution in [3.05, 3.63) is 29.3 Å². The number of amides is 1. The molecule has 114 valence electrons. The molecule has 0 spiro atoms. The fraction of sp³-hybridized carbons (Fsp3) is 0.500. The zero-order valence-electron chi connectivity index (χ0n) is 12.6. The lowest BCUT2D eigenvalue weighted by Gasteiger charge is -2.17. The van der Waals surface area contributed by atoms with Crippen molar-refractivity contribution >= 4 is 11.9 Å². The molecule has 0 unspecified atom stereocenters. The molecule has 1 N–H and O–H groups in total. The largest absolute Gasteiger partial charge is 0.483 e. The summed E-state index contributed by atoms with van der Waals surface area (Å²) in [4.78, 5) is 24.8. The highest BCUT2D eigenvalue weighted by Gasteiger charge is 2.36. The van der Waals surface area contributed by atoms with Gasteiger partial charge in [0.1, 0.15) is 5.75 Å². The maximum absolute atomic E-state index is 12.2. The minimum absolute atomic E-state index is 0.0216. The topological polar surface area (TPSA) is 66.8 Å². The van der Waals surface area contributed by atoms with Crippen molar-refractivity contribution in [3.63, 3.8) is 0 Å². The predicted octanol–water partition coefficient (Wildman–Crippen LogP) is 1.86. The van der Waals surface area contributed by atoms with Crippen LogP contribution in [-0.2, 0) is 9.59 Å². The van der Waals surface area contributed by atoms with Crippen LogP contribution < -0.4 is 4.74 Å². The lowest BCUT2D eigenvalue weighted by atomic mass is 9.99. The Labute approximate surface area is 124 Å². The summed E-state index contributed by atoms with van der Waals surface area (Å²) in [5.74, 6) is -0.768. The molecule has 0 radical (unpaired) electrons. The van der Waals surface area contributed by atoms with Crippen LogP contribution in [0.4, 0.5) is 0 Å². The lowest BCUT2D eigenvalue weighted by Crippen LogP contribution is -2.34. The van der Waals surface area contributed by atoms with E-state index < -0.39 is 11.9 Å². The second-order valence-electron chi connectivity index (χ2n) is 5.73. The Kier molecular flexibility index (Phi) is 4.50. The molecule has 1 saturated heterocycles. The number of likely N-dealkylation sites (tertiary alicyclic amines) is 1. The second-order valence-corrected chi connectivity index (χ2v) is 5.73. The molecule has 5 nitrogen and oxygen atoms in total. The quantitative estimate of drug-likeness (QED) is 0.919. The number of carbonyl (C=O) groups is 2. The molecule has 21 heavy (non-hydrogen) atoms. The highest BCUT2D eigenvalue weighted by Crippen LogP contribution is 2.25. The van der Waals surface area contributed by atoms with Crippen molar-refractivity contribution in [2.75, 3.05) is 19.7 Å². The van der Waals surface area contributed by atoms with E-state index in [0.717, 1.165) is 16.9 Å². The van der Waals surface area contributed by atoms with Gasteiger partial charge in [0.2, 0.25) is 0 Å². The van der Waals surface area contributed by atoms with E-state index in [1.807, 2.05) is 39.0 Å². The van der Waals surface area contributed by atoms with Crippen molar-refractivity contribution in [2.24, 2.45) is 11.8 Å². The Hall–Kier alpha value is -2.04. The van der Waals surface area contributed by atoms with Crippen LogP contribution in [0.3, 0.4) is 0 Å². The lowest BCUT2D eigenvalue weighted by molar-refractivity contribution is -0.142. The molecule has 0 bridgehead atoms. The van der Waals surface area contributed by atoms with E-state index in [9.17, 15) is 9.59 Å². The molecule has 1 amide bonds. The molecule has 0 aliphatic carbocycles. The summed E-state index contributed by atoms with van der Waals surface area (Å²) >= 11 is 0. The van der Waals surface area contributed by atoms with Gasteiger partial charge in [-0.15, -0.1) is 0 Å². The molecular weight excluding hydrogens is 270 g/mol. The van der Waals surface area contributed by atoms with Crippen LogP contribution in [0, 0.1) is 25.7 Å². The molecule has 1 aliphatic rings. The number of carboxylic acid groups (broad SMARTS) is 1. The Bertz CT molecular complexity index is 535. The summed E-state index contributed by atoms with van der Waals surface area (Å²) in [6.07, 6.45) is 0. The zero-order chi connectivity index (χ0) is 15.6. The van der Waals surface area contributed by atoms with Gasteiger partial charge in [-0.3, -0.25) is 9.59 Å². The van der Waals surface area contributed by atoms with Gasteiger partial charge < -0.3 is 14.7 Å². The van der Waals surface area contributed by atoms with E-state index >= 15 is 0 Å². The highest BCUT2D eigenvalue weighted by atomic mass is 16.5. The Balaban J connectivity index is 1.96. The van der Waals surface area contributed by atoms with Gasteiger partial charge in [0.05, 0.1) is 5.92 Å². The normalized spacial score (nSPS) is 21.4. The van der Waals surface area contributed by atoms with Gasteiger partial charge in [-0.2, -0.15) is 0 Å². The Morgan fingerprint density at radius 1 is 1.29 bits per heavy atom. The van der Waals surface area contributed by atoms with Crippen molar-refractivity contribution in [1.29, 1.82) is 0 Å². The molecule has 1 aliphatic heterocycles. The zero-order valence-corrected chi connectivity index (χ0v) is 12.6. The molecule has 1 aromatic rings. The minimum atomic E-state index is -0.839. The van der Waals surface area contributed by atoms with Crippen LogP contribution in [0.15, 0.2) is 18.2 Å². The average Bonchev–Trinajstić information content (AvgIpc) is 2.80. The van der Waals surface area contributed by atoms with Gasteiger partial charge in [0.15, 0.2) is 6.61 Å². The molecule has 1 heterocycles. The van der Waals surface area contributed by atoms with Crippen molar-refractivity contribution in [1.82, 2.24) is 4.90 Å². The van der Waals surface area contributed by atoms with Gasteiger partial charge >= 0.3 is 5.97 Å². The number of para-hydroxylation sites is 1. The summed E-state index contributed by atoms with van der Waals surface area (Å²) in [5, 5.41) is 9.09. The summed E-state index contributed by atoms with van der Waals surface area (Å²) < 4.78 is 5.63. The van der Waals surface area contributed by atoms with Crippen LogP contribution in [-0.4, -0.2) is 41.6 Å². The number of carboxylic acids is 1. The first-order valence-corrected chi connectivity index (χ1v) is 7.09. The molecule has 0 saturated carbocycles. The molecule has 2 atom stereocenters. The number of ether oxygens (including phenoxy) is 1. The SMILES string of the molecule is Cc1cccc(C)c1OCC(=O)N1C[C@@H](C)[C@H](C(=O)O)C1. The Morgan fingerprint density at radius 2 is 1.90 bits per heavy atom. The van der Waals surface area contributed by atoms with Crippen molar-refractivity contribution in [3.8, 4) is 5.75 Å². The van der Waals surface area contributed by atoms with Crippen LogP contribution >= 0.6 is 0 Å². The smallest absolute Gasteiger partial charge is 0.308 e. The average molecular weight is 291 g/mol. The van der Waals surface area contributed by atoms with Gasteiger partial charge in [0.25, 0.3) is 5.91 Å². The van der Waals surface area contributed by atoms with Crippen molar-refractivity contribution < 1.29 is 19.4 Å². The predicted molar refractivity (Wildman–Crippen MR) is 78.3 cm³/mol. The summed E-state index contributed by atoms with van der Waals surface area (Å²) in [6, 6.07) is 5.81. The van der Waals surface area contributed by atoms with Crippen LogP contribution in [0.1, 0.15) is 18.1 Å². The van der Waals surface area contributed by atoms with Crippen molar-refractivity contribution in [2.45, 2.75) is 20.8 Å². The van der Waals surface area contributed by atoms with E-state index in [2.05, 4.69) is 0 Å². The maximum atomic E-state index is 12.2. The third kappa shape index (κ3) is 3.35.